The maximum absolute atomic E-state index is 11.1. The van der Waals surface area contributed by atoms with E-state index in [2.05, 4.69) is 15.3 Å². The van der Waals surface area contributed by atoms with Crippen LogP contribution in [0.1, 0.15) is 38.5 Å². The van der Waals surface area contributed by atoms with Crippen molar-refractivity contribution < 1.29 is 9.90 Å². The molecule has 6 heteroatoms. The maximum Gasteiger partial charge on any atom is 0.305 e. The van der Waals surface area contributed by atoms with Crippen LogP contribution in [0.5, 0.6) is 0 Å². The smallest absolute Gasteiger partial charge is 0.305 e. The van der Waals surface area contributed by atoms with Gasteiger partial charge in [0.2, 0.25) is 0 Å². The van der Waals surface area contributed by atoms with Crippen LogP contribution in [-0.2, 0) is 4.79 Å². The second-order valence-corrected chi connectivity index (χ2v) is 5.81. The Hall–Kier alpha value is -1.30. The normalized spacial score (nSPS) is 17.9. The highest BCUT2D eigenvalue weighted by molar-refractivity contribution is 7.98. The number of carbonyl (C=O) groups is 1. The van der Waals surface area contributed by atoms with Crippen molar-refractivity contribution in [3.05, 3.63) is 12.4 Å². The van der Waals surface area contributed by atoms with Crippen molar-refractivity contribution in [3.8, 4) is 0 Å². The third kappa shape index (κ3) is 3.83. The van der Waals surface area contributed by atoms with Crippen molar-refractivity contribution >= 4 is 23.5 Å². The summed E-state index contributed by atoms with van der Waals surface area (Å²) in [5.41, 5.74) is -0.353. The lowest BCUT2D eigenvalue weighted by Gasteiger charge is -2.37. The number of anilines is 1. The Labute approximate surface area is 117 Å². The van der Waals surface area contributed by atoms with Gasteiger partial charge in [0.25, 0.3) is 0 Å². The molecule has 2 rings (SSSR count). The summed E-state index contributed by atoms with van der Waals surface area (Å²) in [6.07, 6.45) is 8.72. The second kappa shape index (κ2) is 6.23. The number of rotatable bonds is 5. The number of hydrogen-bond acceptors (Lipinski definition) is 5. The van der Waals surface area contributed by atoms with Gasteiger partial charge in [-0.3, -0.25) is 4.79 Å². The fourth-order valence-corrected chi connectivity index (χ4v) is 3.04. The van der Waals surface area contributed by atoms with Gasteiger partial charge in [0, 0.05) is 11.6 Å². The van der Waals surface area contributed by atoms with Crippen molar-refractivity contribution in [2.45, 2.75) is 49.1 Å². The predicted octanol–water partition coefficient (Wildman–Crippen LogP) is 2.79. The zero-order valence-corrected chi connectivity index (χ0v) is 11.9. The van der Waals surface area contributed by atoms with Crippen molar-refractivity contribution in [3.63, 3.8) is 0 Å². The molecule has 2 N–H and O–H groups in total. The number of hydrogen-bond donors (Lipinski definition) is 2. The SMILES string of the molecule is CSc1cc(NC2(CC(=O)O)CCCCC2)ncn1. The molecule has 1 fully saturated rings. The van der Waals surface area contributed by atoms with E-state index < -0.39 is 5.97 Å². The molecule has 0 spiro atoms. The Kier molecular flexibility index (Phi) is 4.63. The molecule has 0 bridgehead atoms. The standard InChI is InChI=1S/C13H19N3O2S/c1-19-11-7-10(14-9-15-11)16-13(8-12(17)18)5-3-2-4-6-13/h7,9H,2-6,8H2,1H3,(H,17,18)(H,14,15,16). The molecule has 1 aromatic heterocycles. The third-order valence-corrected chi connectivity index (χ3v) is 4.19. The second-order valence-electron chi connectivity index (χ2n) is 4.98. The first-order valence-electron chi connectivity index (χ1n) is 6.50. The molecule has 104 valence electrons. The Bertz CT molecular complexity index is 447. The summed E-state index contributed by atoms with van der Waals surface area (Å²) in [7, 11) is 0. The van der Waals surface area contributed by atoms with Gasteiger partial charge in [-0.1, -0.05) is 19.3 Å². The quantitative estimate of drug-likeness (QED) is 0.638. The van der Waals surface area contributed by atoms with Gasteiger partial charge < -0.3 is 10.4 Å². The number of aromatic nitrogens is 2. The highest BCUT2D eigenvalue weighted by Crippen LogP contribution is 2.34. The third-order valence-electron chi connectivity index (χ3n) is 3.54. The minimum absolute atomic E-state index is 0.144. The average molecular weight is 281 g/mol. The van der Waals surface area contributed by atoms with Gasteiger partial charge in [-0.15, -0.1) is 11.8 Å². The molecule has 0 unspecified atom stereocenters. The van der Waals surface area contributed by atoms with E-state index in [9.17, 15) is 4.79 Å². The summed E-state index contributed by atoms with van der Waals surface area (Å²) >= 11 is 1.55. The molecule has 1 saturated carbocycles. The number of carboxylic acids is 1. The summed E-state index contributed by atoms with van der Waals surface area (Å²) in [6.45, 7) is 0. The maximum atomic E-state index is 11.1. The van der Waals surface area contributed by atoms with Crippen LogP contribution in [0.4, 0.5) is 5.82 Å². The van der Waals surface area contributed by atoms with Crippen LogP contribution in [-0.4, -0.2) is 32.8 Å². The number of carboxylic acid groups (broad SMARTS) is 1. The molecule has 0 aliphatic heterocycles. The highest BCUT2D eigenvalue weighted by Gasteiger charge is 2.34. The van der Waals surface area contributed by atoms with E-state index in [0.717, 1.165) is 36.5 Å². The van der Waals surface area contributed by atoms with Gasteiger partial charge in [0.15, 0.2) is 0 Å². The van der Waals surface area contributed by atoms with Gasteiger partial charge in [-0.05, 0) is 19.1 Å². The van der Waals surface area contributed by atoms with Crippen LogP contribution in [0.25, 0.3) is 0 Å². The molecule has 1 heterocycles. The minimum atomic E-state index is -0.756. The Morgan fingerprint density at radius 3 is 2.79 bits per heavy atom. The molecular weight excluding hydrogens is 262 g/mol. The molecule has 19 heavy (non-hydrogen) atoms. The number of thioether (sulfide) groups is 1. The van der Waals surface area contributed by atoms with Gasteiger partial charge >= 0.3 is 5.97 Å². The summed E-state index contributed by atoms with van der Waals surface area (Å²) < 4.78 is 0. The Morgan fingerprint density at radius 1 is 1.42 bits per heavy atom. The first-order chi connectivity index (χ1) is 9.13. The summed E-state index contributed by atoms with van der Waals surface area (Å²) in [5, 5.41) is 13.4. The number of nitrogens with one attached hydrogen (secondary N) is 1. The van der Waals surface area contributed by atoms with Crippen molar-refractivity contribution in [2.75, 3.05) is 11.6 Å². The van der Waals surface area contributed by atoms with Crippen LogP contribution >= 0.6 is 11.8 Å². The summed E-state index contributed by atoms with van der Waals surface area (Å²) in [5.74, 6) is -0.0314. The lowest BCUT2D eigenvalue weighted by atomic mass is 9.79. The topological polar surface area (TPSA) is 75.1 Å². The zero-order valence-electron chi connectivity index (χ0n) is 11.1. The van der Waals surface area contributed by atoms with E-state index in [-0.39, 0.29) is 12.0 Å². The van der Waals surface area contributed by atoms with Crippen LogP contribution in [0, 0.1) is 0 Å². The Morgan fingerprint density at radius 2 is 2.16 bits per heavy atom. The zero-order chi connectivity index (χ0) is 13.7. The molecule has 1 aromatic rings. The molecule has 1 aliphatic rings. The van der Waals surface area contributed by atoms with E-state index in [0.29, 0.717) is 0 Å². The summed E-state index contributed by atoms with van der Waals surface area (Å²) in [6, 6.07) is 1.88. The van der Waals surface area contributed by atoms with Crippen LogP contribution in [0.2, 0.25) is 0 Å². The van der Waals surface area contributed by atoms with E-state index >= 15 is 0 Å². The van der Waals surface area contributed by atoms with E-state index in [4.69, 9.17) is 5.11 Å². The fourth-order valence-electron chi connectivity index (χ4n) is 2.66. The first kappa shape index (κ1) is 14.1. The van der Waals surface area contributed by atoms with Crippen LogP contribution < -0.4 is 5.32 Å². The van der Waals surface area contributed by atoms with Gasteiger partial charge in [0.05, 0.1) is 6.42 Å². The largest absolute Gasteiger partial charge is 0.481 e. The molecule has 0 atom stereocenters. The summed E-state index contributed by atoms with van der Waals surface area (Å²) in [4.78, 5) is 19.4. The monoisotopic (exact) mass is 281 g/mol. The van der Waals surface area contributed by atoms with Gasteiger partial charge in [-0.2, -0.15) is 0 Å². The average Bonchev–Trinajstić information content (AvgIpc) is 2.39. The molecule has 5 nitrogen and oxygen atoms in total. The van der Waals surface area contributed by atoms with Crippen molar-refractivity contribution in [1.82, 2.24) is 9.97 Å². The van der Waals surface area contributed by atoms with Gasteiger partial charge in [0.1, 0.15) is 17.2 Å². The molecule has 1 aliphatic carbocycles. The lowest BCUT2D eigenvalue weighted by Crippen LogP contribution is -2.42. The lowest BCUT2D eigenvalue weighted by molar-refractivity contribution is -0.138. The van der Waals surface area contributed by atoms with Crippen molar-refractivity contribution in [1.29, 1.82) is 0 Å². The van der Waals surface area contributed by atoms with Crippen LogP contribution in [0.3, 0.4) is 0 Å². The van der Waals surface area contributed by atoms with Gasteiger partial charge in [-0.25, -0.2) is 9.97 Å². The Balaban J connectivity index is 2.16. The molecule has 0 aromatic carbocycles. The van der Waals surface area contributed by atoms with E-state index in [1.54, 1.807) is 11.8 Å². The van der Waals surface area contributed by atoms with E-state index in [1.807, 2.05) is 12.3 Å². The number of aliphatic carboxylic acids is 1. The molecule has 0 radical (unpaired) electrons. The highest BCUT2D eigenvalue weighted by atomic mass is 32.2. The molecule has 0 amide bonds. The fraction of sp³-hybridized carbons (Fsp3) is 0.615. The molecular formula is C13H19N3O2S. The minimum Gasteiger partial charge on any atom is -0.481 e. The number of nitrogens with zero attached hydrogens (tertiary/aromatic N) is 2. The molecule has 0 saturated heterocycles. The predicted molar refractivity (Wildman–Crippen MR) is 75.5 cm³/mol. The van der Waals surface area contributed by atoms with Crippen LogP contribution in [0.15, 0.2) is 17.4 Å². The first-order valence-corrected chi connectivity index (χ1v) is 7.72. The van der Waals surface area contributed by atoms with Crippen molar-refractivity contribution in [2.24, 2.45) is 0 Å². The van der Waals surface area contributed by atoms with E-state index in [1.165, 1.54) is 12.7 Å².